The van der Waals surface area contributed by atoms with Crippen molar-refractivity contribution in [1.29, 1.82) is 0 Å². The van der Waals surface area contributed by atoms with Gasteiger partial charge in [0.1, 0.15) is 0 Å². The van der Waals surface area contributed by atoms with Crippen molar-refractivity contribution in [1.82, 2.24) is 0 Å². The van der Waals surface area contributed by atoms with E-state index in [1.807, 2.05) is 0 Å². The van der Waals surface area contributed by atoms with Crippen molar-refractivity contribution in [3.05, 3.63) is 0 Å². The molecule has 48 valence electrons. The molecule has 1 aliphatic carbocycles. The highest BCUT2D eigenvalue weighted by Crippen LogP contribution is 2.24. The summed E-state index contributed by atoms with van der Waals surface area (Å²) < 4.78 is 0.529. The third kappa shape index (κ3) is 1.58. The van der Waals surface area contributed by atoms with Gasteiger partial charge in [-0.05, 0) is 12.8 Å². The average Bonchev–Trinajstić information content (AvgIpc) is 1.77. The van der Waals surface area contributed by atoms with E-state index >= 15 is 0 Å². The lowest BCUT2D eigenvalue weighted by atomic mass is 9.98. The first-order chi connectivity index (χ1) is 3.80. The summed E-state index contributed by atoms with van der Waals surface area (Å²) in [5.74, 6) is 0. The lowest BCUT2D eigenvalue weighted by molar-refractivity contribution is 0.142. The van der Waals surface area contributed by atoms with Gasteiger partial charge < -0.3 is 5.11 Å². The smallest absolute Gasteiger partial charge is 0.0657 e. The molecule has 1 fully saturated rings. The minimum Gasteiger partial charge on any atom is -0.392 e. The molecule has 1 unspecified atom stereocenters. The fraction of sp³-hybridized carbons (Fsp3) is 1.00. The summed E-state index contributed by atoms with van der Waals surface area (Å²) in [7, 11) is 0. The lowest BCUT2D eigenvalue weighted by Gasteiger charge is -2.21. The zero-order valence-corrected chi connectivity index (χ0v) is 6.97. The van der Waals surface area contributed by atoms with Crippen LogP contribution in [0.1, 0.15) is 25.7 Å². The minimum atomic E-state index is -0.00986. The highest BCUT2D eigenvalue weighted by Gasteiger charge is 2.18. The van der Waals surface area contributed by atoms with Crippen molar-refractivity contribution in [2.24, 2.45) is 0 Å². The van der Waals surface area contributed by atoms with E-state index in [2.05, 4.69) is 22.6 Å². The van der Waals surface area contributed by atoms with Gasteiger partial charge in [0.15, 0.2) is 0 Å². The lowest BCUT2D eigenvalue weighted by Crippen LogP contribution is -2.23. The highest BCUT2D eigenvalue weighted by molar-refractivity contribution is 14.1. The predicted molar refractivity (Wildman–Crippen MR) is 42.3 cm³/mol. The molecule has 1 saturated carbocycles. The quantitative estimate of drug-likeness (QED) is 0.492. The Morgan fingerprint density at radius 1 is 1.25 bits per heavy atom. The van der Waals surface area contributed by atoms with E-state index in [-0.39, 0.29) is 6.10 Å². The van der Waals surface area contributed by atoms with Crippen LogP contribution >= 0.6 is 22.6 Å². The molecule has 8 heavy (non-hydrogen) atoms. The van der Waals surface area contributed by atoms with Gasteiger partial charge in [0.05, 0.1) is 6.10 Å². The number of aliphatic hydroxyl groups excluding tert-OH is 1. The van der Waals surface area contributed by atoms with Crippen LogP contribution in [0.25, 0.3) is 0 Å². The van der Waals surface area contributed by atoms with Crippen molar-refractivity contribution < 1.29 is 5.11 Å². The number of halogens is 1. The van der Waals surface area contributed by atoms with Gasteiger partial charge in [-0.25, -0.2) is 0 Å². The van der Waals surface area contributed by atoms with Crippen LogP contribution in [0, 0.1) is 0 Å². The Bertz CT molecular complexity index is 64.9. The number of alkyl halides is 1. The van der Waals surface area contributed by atoms with E-state index in [0.717, 1.165) is 6.42 Å². The molecule has 0 heterocycles. The molecule has 0 aromatic carbocycles. The maximum absolute atomic E-state index is 9.17. The summed E-state index contributed by atoms with van der Waals surface area (Å²) in [6.07, 6.45) is 4.75. The monoisotopic (exact) mass is 226 g/mol. The molecule has 1 nitrogen and oxygen atoms in total. The van der Waals surface area contributed by atoms with Crippen LogP contribution in [0.15, 0.2) is 0 Å². The summed E-state index contributed by atoms with van der Waals surface area (Å²) in [6.45, 7) is 0. The van der Waals surface area contributed by atoms with Gasteiger partial charge in [0.2, 0.25) is 0 Å². The van der Waals surface area contributed by atoms with E-state index in [0.29, 0.717) is 3.92 Å². The molecule has 1 aliphatic rings. The van der Waals surface area contributed by atoms with Crippen LogP contribution in [0.2, 0.25) is 0 Å². The van der Waals surface area contributed by atoms with E-state index < -0.39 is 0 Å². The van der Waals surface area contributed by atoms with Crippen LogP contribution in [0.3, 0.4) is 0 Å². The van der Waals surface area contributed by atoms with E-state index in [4.69, 9.17) is 0 Å². The van der Waals surface area contributed by atoms with Crippen LogP contribution in [-0.2, 0) is 0 Å². The van der Waals surface area contributed by atoms with Gasteiger partial charge in [0.25, 0.3) is 0 Å². The second kappa shape index (κ2) is 3.01. The Morgan fingerprint density at radius 2 is 1.88 bits per heavy atom. The zero-order valence-electron chi connectivity index (χ0n) is 4.81. The van der Waals surface area contributed by atoms with E-state index in [1.165, 1.54) is 19.3 Å². The number of hydrogen-bond acceptors (Lipinski definition) is 1. The largest absolute Gasteiger partial charge is 0.392 e. The number of hydrogen-bond donors (Lipinski definition) is 1. The molecule has 0 aromatic rings. The van der Waals surface area contributed by atoms with Gasteiger partial charge in [-0.1, -0.05) is 35.4 Å². The first kappa shape index (κ1) is 6.81. The fourth-order valence-corrected chi connectivity index (χ4v) is 1.87. The Hall–Kier alpha value is 0.690. The molecule has 2 atom stereocenters. The molecule has 1 N–H and O–H groups in total. The summed E-state index contributed by atoms with van der Waals surface area (Å²) in [4.78, 5) is 0. The van der Waals surface area contributed by atoms with E-state index in [9.17, 15) is 5.11 Å². The topological polar surface area (TPSA) is 20.2 Å². The van der Waals surface area contributed by atoms with Crippen molar-refractivity contribution >= 4 is 22.6 Å². The first-order valence-corrected chi connectivity index (χ1v) is 4.37. The standard InChI is InChI=1S/C6H11IO/c7-5-3-1-2-4-6(5)8/h5-6,8H,1-4H2/t5-,6?/m1/s1. The molecule has 0 bridgehead atoms. The Morgan fingerprint density at radius 3 is 2.25 bits per heavy atom. The summed E-state index contributed by atoms with van der Waals surface area (Å²) in [5.41, 5.74) is 0. The zero-order chi connectivity index (χ0) is 5.98. The average molecular weight is 226 g/mol. The molecule has 1 rings (SSSR count). The third-order valence-corrected chi connectivity index (χ3v) is 3.10. The van der Waals surface area contributed by atoms with Crippen molar-refractivity contribution in [3.63, 3.8) is 0 Å². The van der Waals surface area contributed by atoms with Gasteiger partial charge in [-0.2, -0.15) is 0 Å². The highest BCUT2D eigenvalue weighted by atomic mass is 127. The molecule has 0 saturated heterocycles. The molecular weight excluding hydrogens is 215 g/mol. The fourth-order valence-electron chi connectivity index (χ4n) is 1.07. The third-order valence-electron chi connectivity index (χ3n) is 1.65. The maximum atomic E-state index is 9.17. The second-order valence-electron chi connectivity index (χ2n) is 2.37. The molecule has 0 aromatic heterocycles. The summed E-state index contributed by atoms with van der Waals surface area (Å²) in [6, 6.07) is 0. The normalized spacial score (nSPS) is 39.8. The van der Waals surface area contributed by atoms with Crippen LogP contribution in [0.5, 0.6) is 0 Å². The van der Waals surface area contributed by atoms with Gasteiger partial charge in [-0.3, -0.25) is 0 Å². The SMILES string of the molecule is OC1CCCC[C@H]1I. The van der Waals surface area contributed by atoms with E-state index in [1.54, 1.807) is 0 Å². The molecule has 2 heteroatoms. The number of aliphatic hydroxyl groups is 1. The van der Waals surface area contributed by atoms with Crippen LogP contribution in [-0.4, -0.2) is 15.1 Å². The minimum absolute atomic E-state index is 0.00986. The summed E-state index contributed by atoms with van der Waals surface area (Å²) in [5, 5.41) is 9.17. The first-order valence-electron chi connectivity index (χ1n) is 3.13. The van der Waals surface area contributed by atoms with Crippen LogP contribution in [0.4, 0.5) is 0 Å². The Balaban J connectivity index is 2.28. The molecule has 0 radical (unpaired) electrons. The van der Waals surface area contributed by atoms with Crippen molar-refractivity contribution in [2.45, 2.75) is 35.7 Å². The van der Waals surface area contributed by atoms with Gasteiger partial charge in [-0.15, -0.1) is 0 Å². The maximum Gasteiger partial charge on any atom is 0.0657 e. The Kier molecular flexibility index (Phi) is 2.56. The predicted octanol–water partition coefficient (Wildman–Crippen LogP) is 1.72. The second-order valence-corrected chi connectivity index (χ2v) is 3.97. The molecule has 0 amide bonds. The summed E-state index contributed by atoms with van der Waals surface area (Å²) >= 11 is 2.33. The molecule has 0 spiro atoms. The van der Waals surface area contributed by atoms with Crippen LogP contribution < -0.4 is 0 Å². The van der Waals surface area contributed by atoms with Gasteiger partial charge in [0, 0.05) is 3.92 Å². The van der Waals surface area contributed by atoms with Crippen molar-refractivity contribution in [2.75, 3.05) is 0 Å². The Labute approximate surface area is 63.6 Å². The molecule has 0 aliphatic heterocycles. The number of rotatable bonds is 0. The van der Waals surface area contributed by atoms with Crippen molar-refractivity contribution in [3.8, 4) is 0 Å². The molecular formula is C6H11IO. The van der Waals surface area contributed by atoms with Gasteiger partial charge >= 0.3 is 0 Å².